The van der Waals surface area contributed by atoms with Crippen LogP contribution in [-0.4, -0.2) is 32.6 Å². The first-order valence-electron chi connectivity index (χ1n) is 9.27. The zero-order valence-corrected chi connectivity index (χ0v) is 17.7. The molecule has 9 heteroatoms. The molecule has 0 bridgehead atoms. The quantitative estimate of drug-likeness (QED) is 0.473. The summed E-state index contributed by atoms with van der Waals surface area (Å²) in [5, 5.41) is 8.50. The van der Waals surface area contributed by atoms with Crippen molar-refractivity contribution in [2.75, 3.05) is 19.5 Å². The van der Waals surface area contributed by atoms with E-state index in [2.05, 4.69) is 5.32 Å². The molecule has 4 aromatic rings. The van der Waals surface area contributed by atoms with Crippen molar-refractivity contribution in [3.8, 4) is 22.8 Å². The zero-order valence-electron chi connectivity index (χ0n) is 16.9. The van der Waals surface area contributed by atoms with Gasteiger partial charge in [-0.2, -0.15) is 0 Å². The summed E-state index contributed by atoms with van der Waals surface area (Å²) in [6.07, 6.45) is 0. The van der Waals surface area contributed by atoms with Crippen molar-refractivity contribution in [2.45, 2.75) is 4.90 Å². The summed E-state index contributed by atoms with van der Waals surface area (Å²) in [6.45, 7) is 0. The number of hydrogen-bond acceptors (Lipinski definition) is 7. The van der Waals surface area contributed by atoms with Gasteiger partial charge in [-0.3, -0.25) is 0 Å². The number of anilines is 2. The van der Waals surface area contributed by atoms with Crippen LogP contribution in [0.1, 0.15) is 0 Å². The predicted octanol–water partition coefficient (Wildman–Crippen LogP) is 3.71. The average Bonchev–Trinajstić information content (AvgIpc) is 2.77. The number of sulfonamides is 1. The van der Waals surface area contributed by atoms with E-state index < -0.39 is 10.0 Å². The van der Waals surface area contributed by atoms with Crippen molar-refractivity contribution in [2.24, 2.45) is 5.14 Å². The lowest BCUT2D eigenvalue weighted by Gasteiger charge is -2.14. The summed E-state index contributed by atoms with van der Waals surface area (Å²) >= 11 is 0. The van der Waals surface area contributed by atoms with E-state index in [1.165, 1.54) is 12.1 Å². The standard InChI is InChI=1S/C22H20N4O4S/c1-29-16-11-15(12-17(13-16)30-2)24-22-21(25-19-5-3-4-6-20(19)26-22)14-7-9-18(10-8-14)31(23,27)28/h3-13H,1-2H3,(H,24,26)(H2,23,27,28). The molecule has 0 amide bonds. The molecule has 8 nitrogen and oxygen atoms in total. The summed E-state index contributed by atoms with van der Waals surface area (Å²) in [6, 6.07) is 19.1. The van der Waals surface area contributed by atoms with Crippen molar-refractivity contribution >= 4 is 32.6 Å². The number of hydrogen-bond donors (Lipinski definition) is 2. The van der Waals surface area contributed by atoms with Gasteiger partial charge in [0, 0.05) is 29.4 Å². The molecule has 0 saturated carbocycles. The van der Waals surface area contributed by atoms with Crippen molar-refractivity contribution in [3.05, 3.63) is 66.7 Å². The molecule has 4 rings (SSSR count). The smallest absolute Gasteiger partial charge is 0.238 e. The molecule has 0 spiro atoms. The van der Waals surface area contributed by atoms with Gasteiger partial charge < -0.3 is 14.8 Å². The van der Waals surface area contributed by atoms with Gasteiger partial charge in [0.1, 0.15) is 17.2 Å². The highest BCUT2D eigenvalue weighted by atomic mass is 32.2. The number of ether oxygens (including phenoxy) is 2. The third-order valence-corrected chi connectivity index (χ3v) is 5.57. The Kier molecular flexibility index (Phi) is 5.45. The molecule has 0 aliphatic rings. The Bertz CT molecular complexity index is 1330. The van der Waals surface area contributed by atoms with Crippen molar-refractivity contribution in [1.82, 2.24) is 9.97 Å². The van der Waals surface area contributed by atoms with Crippen LogP contribution in [0, 0.1) is 0 Å². The minimum Gasteiger partial charge on any atom is -0.497 e. The number of para-hydroxylation sites is 2. The summed E-state index contributed by atoms with van der Waals surface area (Å²) in [4.78, 5) is 9.51. The third-order valence-electron chi connectivity index (χ3n) is 4.64. The topological polar surface area (TPSA) is 116 Å². The van der Waals surface area contributed by atoms with Gasteiger partial charge in [-0.15, -0.1) is 0 Å². The lowest BCUT2D eigenvalue weighted by atomic mass is 10.1. The van der Waals surface area contributed by atoms with Crippen molar-refractivity contribution in [3.63, 3.8) is 0 Å². The van der Waals surface area contributed by atoms with Crippen LogP contribution in [0.25, 0.3) is 22.3 Å². The van der Waals surface area contributed by atoms with Gasteiger partial charge in [-0.05, 0) is 24.3 Å². The fraction of sp³-hybridized carbons (Fsp3) is 0.0909. The molecule has 31 heavy (non-hydrogen) atoms. The second kappa shape index (κ2) is 8.21. The minimum atomic E-state index is -3.79. The zero-order chi connectivity index (χ0) is 22.0. The Morgan fingerprint density at radius 1 is 0.839 bits per heavy atom. The molecule has 0 radical (unpaired) electrons. The van der Waals surface area contributed by atoms with E-state index in [9.17, 15) is 8.42 Å². The first-order valence-corrected chi connectivity index (χ1v) is 10.8. The highest BCUT2D eigenvalue weighted by Gasteiger charge is 2.14. The number of nitrogens with zero attached hydrogens (tertiary/aromatic N) is 2. The number of rotatable bonds is 6. The van der Waals surface area contributed by atoms with Gasteiger partial charge >= 0.3 is 0 Å². The molecule has 0 fully saturated rings. The Morgan fingerprint density at radius 3 is 1.97 bits per heavy atom. The summed E-state index contributed by atoms with van der Waals surface area (Å²) in [7, 11) is -0.637. The van der Waals surface area contributed by atoms with Crippen LogP contribution in [0.5, 0.6) is 11.5 Å². The minimum absolute atomic E-state index is 0.0250. The molecular formula is C22H20N4O4S. The van der Waals surface area contributed by atoms with Gasteiger partial charge in [0.15, 0.2) is 5.82 Å². The molecule has 3 N–H and O–H groups in total. The Morgan fingerprint density at radius 2 is 1.42 bits per heavy atom. The van der Waals surface area contributed by atoms with Crippen LogP contribution >= 0.6 is 0 Å². The van der Waals surface area contributed by atoms with Gasteiger partial charge in [0.2, 0.25) is 10.0 Å². The van der Waals surface area contributed by atoms with Gasteiger partial charge in [-0.1, -0.05) is 24.3 Å². The Labute approximate surface area is 179 Å². The lowest BCUT2D eigenvalue weighted by molar-refractivity contribution is 0.395. The van der Waals surface area contributed by atoms with Gasteiger partial charge in [-0.25, -0.2) is 23.5 Å². The summed E-state index contributed by atoms with van der Waals surface area (Å²) in [5.41, 5.74) is 3.36. The summed E-state index contributed by atoms with van der Waals surface area (Å²) in [5.74, 6) is 1.74. The van der Waals surface area contributed by atoms with E-state index >= 15 is 0 Å². The number of fused-ring (bicyclic) bond motifs is 1. The number of aromatic nitrogens is 2. The molecule has 158 valence electrons. The maximum absolute atomic E-state index is 11.6. The van der Waals surface area contributed by atoms with Gasteiger partial charge in [0.25, 0.3) is 0 Å². The van der Waals surface area contributed by atoms with Crippen LogP contribution in [0.4, 0.5) is 11.5 Å². The molecule has 0 unspecified atom stereocenters. The SMILES string of the molecule is COc1cc(Nc2nc3ccccc3nc2-c2ccc(S(N)(=O)=O)cc2)cc(OC)c1. The monoisotopic (exact) mass is 436 g/mol. The van der Waals surface area contributed by atoms with Gasteiger partial charge in [0.05, 0.1) is 30.1 Å². The number of methoxy groups -OCH3 is 2. The van der Waals surface area contributed by atoms with Crippen molar-refractivity contribution in [1.29, 1.82) is 0 Å². The fourth-order valence-corrected chi connectivity index (χ4v) is 3.62. The molecule has 0 aliphatic heterocycles. The second-order valence-corrected chi connectivity index (χ2v) is 8.27. The first-order chi connectivity index (χ1) is 14.9. The average molecular weight is 436 g/mol. The van der Waals surface area contributed by atoms with E-state index in [1.807, 2.05) is 36.4 Å². The van der Waals surface area contributed by atoms with Crippen molar-refractivity contribution < 1.29 is 17.9 Å². The predicted molar refractivity (Wildman–Crippen MR) is 119 cm³/mol. The number of nitrogens with one attached hydrogen (secondary N) is 1. The van der Waals surface area contributed by atoms with E-state index in [0.717, 1.165) is 0 Å². The molecule has 0 saturated heterocycles. The highest BCUT2D eigenvalue weighted by molar-refractivity contribution is 7.89. The Balaban J connectivity index is 1.84. The van der Waals surface area contributed by atoms with Crippen LogP contribution in [-0.2, 0) is 10.0 Å². The molecule has 1 heterocycles. The highest BCUT2D eigenvalue weighted by Crippen LogP contribution is 2.32. The molecule has 3 aromatic carbocycles. The molecule has 1 aromatic heterocycles. The molecule has 0 atom stereocenters. The van der Waals surface area contributed by atoms with E-state index in [4.69, 9.17) is 24.6 Å². The first kappa shape index (κ1) is 20.6. The van der Waals surface area contributed by atoms with Crippen LogP contribution < -0.4 is 19.9 Å². The van der Waals surface area contributed by atoms with E-state index in [0.29, 0.717) is 45.3 Å². The maximum Gasteiger partial charge on any atom is 0.238 e. The van der Waals surface area contributed by atoms with Crippen LogP contribution in [0.15, 0.2) is 71.6 Å². The second-order valence-electron chi connectivity index (χ2n) is 6.71. The summed E-state index contributed by atoms with van der Waals surface area (Å²) < 4.78 is 33.9. The normalized spacial score (nSPS) is 11.3. The Hall–Kier alpha value is -3.69. The third kappa shape index (κ3) is 4.42. The molecule has 0 aliphatic carbocycles. The number of nitrogens with two attached hydrogens (primary N) is 1. The van der Waals surface area contributed by atoms with Crippen LogP contribution in [0.2, 0.25) is 0 Å². The largest absolute Gasteiger partial charge is 0.497 e. The number of primary sulfonamides is 1. The van der Waals surface area contributed by atoms with E-state index in [-0.39, 0.29) is 4.90 Å². The lowest BCUT2D eigenvalue weighted by Crippen LogP contribution is -2.11. The maximum atomic E-state index is 11.6. The molecular weight excluding hydrogens is 416 g/mol. The fourth-order valence-electron chi connectivity index (χ4n) is 3.11. The van der Waals surface area contributed by atoms with E-state index in [1.54, 1.807) is 32.4 Å². The number of benzene rings is 3. The van der Waals surface area contributed by atoms with Crippen LogP contribution in [0.3, 0.4) is 0 Å².